The van der Waals surface area contributed by atoms with Crippen molar-refractivity contribution in [2.45, 2.75) is 78.4 Å². The van der Waals surface area contributed by atoms with Crippen molar-refractivity contribution in [3.63, 3.8) is 0 Å². The first-order valence-electron chi connectivity index (χ1n) is 12.3. The summed E-state index contributed by atoms with van der Waals surface area (Å²) in [5.41, 5.74) is 2.47. The highest BCUT2D eigenvalue weighted by atomic mass is 16.7. The second kappa shape index (κ2) is 13.0. The van der Waals surface area contributed by atoms with Crippen molar-refractivity contribution < 1.29 is 33.5 Å². The molecule has 37 heavy (non-hydrogen) atoms. The number of nitrogens with one attached hydrogen (secondary N) is 1. The zero-order chi connectivity index (χ0) is 27.6. The van der Waals surface area contributed by atoms with Crippen molar-refractivity contribution in [2.75, 3.05) is 0 Å². The van der Waals surface area contributed by atoms with Gasteiger partial charge in [-0.15, -0.1) is 0 Å². The molecule has 2 aromatic rings. The van der Waals surface area contributed by atoms with Crippen LogP contribution in [0.5, 0.6) is 0 Å². The van der Waals surface area contributed by atoms with Crippen LogP contribution in [0.25, 0.3) is 0 Å². The SMILES string of the molecule is CC(C)(C)OC(=O)CC(CCC(=O)NOC(=O)c1ccccc1)Cc1cccc(C(=O)OC(C)(C)C)c1. The molecule has 8 heteroatoms. The smallest absolute Gasteiger partial charge is 0.362 e. The summed E-state index contributed by atoms with van der Waals surface area (Å²) in [4.78, 5) is 54.3. The number of esters is 2. The molecule has 0 saturated heterocycles. The van der Waals surface area contributed by atoms with E-state index in [2.05, 4.69) is 5.48 Å². The fourth-order valence-electron chi connectivity index (χ4n) is 3.51. The van der Waals surface area contributed by atoms with Crippen molar-refractivity contribution >= 4 is 23.8 Å². The number of hydrogen-bond donors (Lipinski definition) is 1. The van der Waals surface area contributed by atoms with Gasteiger partial charge in [-0.3, -0.25) is 9.59 Å². The van der Waals surface area contributed by atoms with Crippen LogP contribution < -0.4 is 5.48 Å². The van der Waals surface area contributed by atoms with Crippen LogP contribution in [0.3, 0.4) is 0 Å². The maximum absolute atomic E-state index is 12.5. The maximum Gasteiger partial charge on any atom is 0.362 e. The number of hydrogen-bond acceptors (Lipinski definition) is 7. The molecule has 0 bridgehead atoms. The number of carbonyl (C=O) groups excluding carboxylic acids is 4. The van der Waals surface area contributed by atoms with E-state index in [0.29, 0.717) is 24.0 Å². The molecule has 0 aliphatic heterocycles. The molecule has 200 valence electrons. The average molecular weight is 512 g/mol. The zero-order valence-corrected chi connectivity index (χ0v) is 22.5. The lowest BCUT2D eigenvalue weighted by Gasteiger charge is -2.23. The third-order valence-electron chi connectivity index (χ3n) is 5.01. The molecule has 2 rings (SSSR count). The highest BCUT2D eigenvalue weighted by molar-refractivity contribution is 5.90. The summed E-state index contributed by atoms with van der Waals surface area (Å²) in [7, 11) is 0. The Morgan fingerprint density at radius 3 is 2.03 bits per heavy atom. The van der Waals surface area contributed by atoms with E-state index in [9.17, 15) is 19.2 Å². The summed E-state index contributed by atoms with van der Waals surface area (Å²) in [6.07, 6.45) is 0.893. The molecular weight excluding hydrogens is 474 g/mol. The number of ether oxygens (including phenoxy) is 2. The standard InChI is InChI=1S/C29H37NO7/c1-28(2,3)35-25(32)19-21(15-16-24(31)30-37-27(34)22-12-8-7-9-13-22)17-20-11-10-14-23(18-20)26(33)36-29(4,5)6/h7-14,18,21H,15-17,19H2,1-6H3,(H,30,31). The van der Waals surface area contributed by atoms with E-state index in [-0.39, 0.29) is 24.7 Å². The van der Waals surface area contributed by atoms with Gasteiger partial charge in [-0.05, 0) is 90.1 Å². The summed E-state index contributed by atoms with van der Waals surface area (Å²) < 4.78 is 10.9. The first-order chi connectivity index (χ1) is 17.2. The van der Waals surface area contributed by atoms with Crippen molar-refractivity contribution in [3.8, 4) is 0 Å². The van der Waals surface area contributed by atoms with E-state index >= 15 is 0 Å². The first kappa shape index (κ1) is 29.5. The average Bonchev–Trinajstić information content (AvgIpc) is 2.79. The molecule has 0 saturated carbocycles. The van der Waals surface area contributed by atoms with Crippen molar-refractivity contribution in [1.29, 1.82) is 0 Å². The normalized spacial score (nSPS) is 12.3. The Morgan fingerprint density at radius 2 is 1.41 bits per heavy atom. The van der Waals surface area contributed by atoms with Gasteiger partial charge in [0.15, 0.2) is 0 Å². The van der Waals surface area contributed by atoms with Crippen molar-refractivity contribution in [1.82, 2.24) is 5.48 Å². The van der Waals surface area contributed by atoms with Crippen LogP contribution >= 0.6 is 0 Å². The van der Waals surface area contributed by atoms with Gasteiger partial charge in [0.1, 0.15) is 11.2 Å². The van der Waals surface area contributed by atoms with Gasteiger partial charge in [0.25, 0.3) is 5.91 Å². The van der Waals surface area contributed by atoms with Gasteiger partial charge in [-0.25, -0.2) is 9.59 Å². The second-order valence-electron chi connectivity index (χ2n) is 10.9. The van der Waals surface area contributed by atoms with Gasteiger partial charge in [0, 0.05) is 12.8 Å². The minimum atomic E-state index is -0.668. The molecule has 0 aliphatic rings. The molecule has 0 heterocycles. The zero-order valence-electron chi connectivity index (χ0n) is 22.5. The molecule has 0 fully saturated rings. The quantitative estimate of drug-likeness (QED) is 0.280. The number of hydroxylamine groups is 1. The molecule has 0 radical (unpaired) electrons. The van der Waals surface area contributed by atoms with E-state index < -0.39 is 29.0 Å². The number of carbonyl (C=O) groups is 4. The molecule has 0 spiro atoms. The molecule has 2 aromatic carbocycles. The minimum Gasteiger partial charge on any atom is -0.460 e. The molecule has 0 aliphatic carbocycles. The summed E-state index contributed by atoms with van der Waals surface area (Å²) >= 11 is 0. The fourth-order valence-corrected chi connectivity index (χ4v) is 3.51. The van der Waals surface area contributed by atoms with Crippen LogP contribution in [0.1, 0.15) is 87.1 Å². The number of rotatable bonds is 9. The Labute approximate surface area is 218 Å². The van der Waals surface area contributed by atoms with E-state index in [1.54, 1.807) is 90.1 Å². The lowest BCUT2D eigenvalue weighted by molar-refractivity contribution is -0.156. The molecular formula is C29H37NO7. The summed E-state index contributed by atoms with van der Waals surface area (Å²) in [6.45, 7) is 10.8. The molecule has 1 atom stereocenters. The van der Waals surface area contributed by atoms with Crippen LogP contribution in [0.4, 0.5) is 0 Å². The van der Waals surface area contributed by atoms with Crippen LogP contribution in [-0.2, 0) is 30.3 Å². The highest BCUT2D eigenvalue weighted by Gasteiger charge is 2.23. The van der Waals surface area contributed by atoms with Crippen molar-refractivity contribution in [3.05, 3.63) is 71.3 Å². The molecule has 1 amide bonds. The lowest BCUT2D eigenvalue weighted by Crippen LogP contribution is -2.28. The van der Waals surface area contributed by atoms with Crippen molar-refractivity contribution in [2.24, 2.45) is 5.92 Å². The summed E-state index contributed by atoms with van der Waals surface area (Å²) in [5.74, 6) is -2.21. The highest BCUT2D eigenvalue weighted by Crippen LogP contribution is 2.22. The van der Waals surface area contributed by atoms with Crippen LogP contribution in [-0.4, -0.2) is 35.0 Å². The predicted octanol–water partition coefficient (Wildman–Crippen LogP) is 5.20. The van der Waals surface area contributed by atoms with Gasteiger partial charge >= 0.3 is 17.9 Å². The predicted molar refractivity (Wildman–Crippen MR) is 139 cm³/mol. The van der Waals surface area contributed by atoms with Crippen LogP contribution in [0.2, 0.25) is 0 Å². The van der Waals surface area contributed by atoms with E-state index in [1.807, 2.05) is 6.07 Å². The monoisotopic (exact) mass is 511 g/mol. The molecule has 1 N–H and O–H groups in total. The summed E-state index contributed by atoms with van der Waals surface area (Å²) in [5, 5.41) is 0. The Morgan fingerprint density at radius 1 is 0.784 bits per heavy atom. The Bertz CT molecular complexity index is 1080. The number of benzene rings is 2. The van der Waals surface area contributed by atoms with E-state index in [1.165, 1.54) is 0 Å². The van der Waals surface area contributed by atoms with Crippen LogP contribution in [0.15, 0.2) is 54.6 Å². The van der Waals surface area contributed by atoms with E-state index in [4.69, 9.17) is 14.3 Å². The molecule has 8 nitrogen and oxygen atoms in total. The number of amides is 1. The summed E-state index contributed by atoms with van der Waals surface area (Å²) in [6, 6.07) is 15.3. The second-order valence-corrected chi connectivity index (χ2v) is 10.9. The minimum absolute atomic E-state index is 0.0291. The van der Waals surface area contributed by atoms with E-state index in [0.717, 1.165) is 5.56 Å². The first-order valence-corrected chi connectivity index (χ1v) is 12.3. The van der Waals surface area contributed by atoms with Gasteiger partial charge < -0.3 is 14.3 Å². The fraction of sp³-hybridized carbons (Fsp3) is 0.448. The maximum atomic E-state index is 12.5. The van der Waals surface area contributed by atoms with Gasteiger partial charge in [0.05, 0.1) is 11.1 Å². The third kappa shape index (κ3) is 11.7. The Balaban J connectivity index is 2.04. The lowest BCUT2D eigenvalue weighted by atomic mass is 9.91. The third-order valence-corrected chi connectivity index (χ3v) is 5.01. The van der Waals surface area contributed by atoms with Crippen LogP contribution in [0, 0.1) is 5.92 Å². The van der Waals surface area contributed by atoms with Gasteiger partial charge in [0.2, 0.25) is 0 Å². The van der Waals surface area contributed by atoms with Gasteiger partial charge in [-0.1, -0.05) is 30.3 Å². The topological polar surface area (TPSA) is 108 Å². The Hall–Kier alpha value is -3.68. The largest absolute Gasteiger partial charge is 0.460 e. The molecule has 0 aromatic heterocycles. The van der Waals surface area contributed by atoms with Gasteiger partial charge in [-0.2, -0.15) is 5.48 Å². The Kier molecular flexibility index (Phi) is 10.4. The molecule has 1 unspecified atom stereocenters.